The summed E-state index contributed by atoms with van der Waals surface area (Å²) in [5.41, 5.74) is -1.12. The van der Waals surface area contributed by atoms with Crippen LogP contribution in [0.2, 0.25) is 0 Å². The van der Waals surface area contributed by atoms with E-state index in [1.807, 2.05) is 13.8 Å². The molecule has 0 bridgehead atoms. The van der Waals surface area contributed by atoms with Crippen LogP contribution in [0, 0.1) is 39.9 Å². The van der Waals surface area contributed by atoms with Gasteiger partial charge in [-0.1, -0.05) is 34.6 Å². The third-order valence-corrected chi connectivity index (χ3v) is 9.41. The zero-order valence-corrected chi connectivity index (χ0v) is 22.9. The van der Waals surface area contributed by atoms with Gasteiger partial charge in [-0.05, 0) is 61.2 Å². The summed E-state index contributed by atoms with van der Waals surface area (Å²) in [4.78, 5) is 41.3. The molecule has 4 rings (SSSR count). The van der Waals surface area contributed by atoms with Crippen molar-refractivity contribution in [2.24, 2.45) is 28.6 Å². The average molecular weight is 540 g/mol. The molecule has 0 aromatic heterocycles. The Morgan fingerprint density at radius 1 is 1.21 bits per heavy atom. The Kier molecular flexibility index (Phi) is 7.30. The van der Waals surface area contributed by atoms with Crippen LogP contribution in [0.1, 0.15) is 73.1 Å². The Balaban J connectivity index is 1.46. The molecule has 8 nitrogen and oxygen atoms in total. The van der Waals surface area contributed by atoms with Gasteiger partial charge in [-0.25, -0.2) is 0 Å². The van der Waals surface area contributed by atoms with E-state index in [9.17, 15) is 32.8 Å². The van der Waals surface area contributed by atoms with Gasteiger partial charge in [-0.15, -0.1) is 0 Å². The van der Waals surface area contributed by atoms with Gasteiger partial charge in [0, 0.05) is 18.0 Å². The van der Waals surface area contributed by atoms with Crippen LogP contribution in [0.5, 0.6) is 0 Å². The zero-order valence-electron chi connectivity index (χ0n) is 22.9. The summed E-state index contributed by atoms with van der Waals surface area (Å²) in [5.74, 6) is -1.60. The van der Waals surface area contributed by atoms with Crippen LogP contribution in [0.3, 0.4) is 0 Å². The van der Waals surface area contributed by atoms with E-state index in [-0.39, 0.29) is 47.6 Å². The maximum absolute atomic E-state index is 13.6. The molecule has 212 valence electrons. The number of alkyl halides is 3. The Bertz CT molecular complexity index is 1010. The number of likely N-dealkylation sites (tertiary alicyclic amines) is 1. The first kappa shape index (κ1) is 28.7. The summed E-state index contributed by atoms with van der Waals surface area (Å²) in [6.07, 6.45) is 0.252. The highest BCUT2D eigenvalue weighted by Gasteiger charge is 2.69. The number of amides is 3. The van der Waals surface area contributed by atoms with Gasteiger partial charge in [0.15, 0.2) is 0 Å². The highest BCUT2D eigenvalue weighted by molar-refractivity contribution is 5.92. The van der Waals surface area contributed by atoms with Crippen molar-refractivity contribution in [2.75, 3.05) is 13.1 Å². The van der Waals surface area contributed by atoms with Crippen LogP contribution in [-0.4, -0.2) is 65.6 Å². The average Bonchev–Trinajstić information content (AvgIpc) is 3.11. The van der Waals surface area contributed by atoms with Gasteiger partial charge in [0.2, 0.25) is 17.7 Å². The standard InChI is InChI=1S/C27H40F3N5O3/c1-24(2,3)20(32-14-27(28,29)30)23(38)35-13-17-18(25(17,4)5)19(35)22(37)33-16(12-31)11-15-7-10-26(8-6-9-26)34-21(15)36/h15-20,32H,6-11,13-14H2,1-5H3,(H,33,37)(H,34,36)/t15-,16-,17-,18-,19-,20+/m0/s1. The van der Waals surface area contributed by atoms with Crippen molar-refractivity contribution in [3.8, 4) is 6.07 Å². The van der Waals surface area contributed by atoms with E-state index in [0.717, 1.165) is 25.7 Å². The van der Waals surface area contributed by atoms with Crippen molar-refractivity contribution in [1.82, 2.24) is 20.9 Å². The Morgan fingerprint density at radius 2 is 1.87 bits per heavy atom. The second-order valence-electron chi connectivity index (χ2n) is 13.5. The highest BCUT2D eigenvalue weighted by atomic mass is 19.4. The number of rotatable bonds is 7. The molecular formula is C27H40F3N5O3. The Labute approximate surface area is 222 Å². The second kappa shape index (κ2) is 9.68. The molecule has 2 saturated heterocycles. The molecule has 0 radical (unpaired) electrons. The summed E-state index contributed by atoms with van der Waals surface area (Å²) < 4.78 is 38.9. The lowest BCUT2D eigenvalue weighted by Crippen LogP contribution is -2.60. The molecule has 3 N–H and O–H groups in total. The second-order valence-corrected chi connectivity index (χ2v) is 13.5. The molecule has 4 aliphatic rings. The molecule has 0 aromatic carbocycles. The van der Waals surface area contributed by atoms with E-state index in [1.54, 1.807) is 20.8 Å². The SMILES string of the molecule is CC(C)(C)[C@H](NCC(F)(F)F)C(=O)N1C[C@H]2[C@@H]([C@H]1C(=O)N[C@H](C#N)C[C@@H]1CCC3(CCC3)NC1=O)C2(C)C. The first-order valence-electron chi connectivity index (χ1n) is 13.6. The van der Waals surface area contributed by atoms with E-state index >= 15 is 0 Å². The minimum absolute atomic E-state index is 0.0498. The number of nitrogens with zero attached hydrogens (tertiary/aromatic N) is 2. The van der Waals surface area contributed by atoms with Gasteiger partial charge in [-0.3, -0.25) is 19.7 Å². The fourth-order valence-electron chi connectivity index (χ4n) is 6.86. The molecule has 4 fully saturated rings. The number of hydrogen-bond acceptors (Lipinski definition) is 5. The van der Waals surface area contributed by atoms with Crippen molar-refractivity contribution in [3.05, 3.63) is 0 Å². The topological polar surface area (TPSA) is 114 Å². The molecule has 0 aromatic rings. The van der Waals surface area contributed by atoms with Crippen LogP contribution in [0.15, 0.2) is 0 Å². The number of hydrogen-bond donors (Lipinski definition) is 3. The smallest absolute Gasteiger partial charge is 0.350 e. The summed E-state index contributed by atoms with van der Waals surface area (Å²) in [5, 5.41) is 18.0. The van der Waals surface area contributed by atoms with Crippen LogP contribution < -0.4 is 16.0 Å². The monoisotopic (exact) mass is 539 g/mol. The van der Waals surface area contributed by atoms with Gasteiger partial charge in [0.1, 0.15) is 12.1 Å². The predicted molar refractivity (Wildman–Crippen MR) is 133 cm³/mol. The van der Waals surface area contributed by atoms with Gasteiger partial charge in [0.05, 0.1) is 18.7 Å². The largest absolute Gasteiger partial charge is 0.401 e. The number of carbonyl (C=O) groups is 3. The summed E-state index contributed by atoms with van der Waals surface area (Å²) >= 11 is 0. The van der Waals surface area contributed by atoms with E-state index in [4.69, 9.17) is 0 Å². The van der Waals surface area contributed by atoms with Crippen molar-refractivity contribution in [2.45, 2.75) is 103 Å². The lowest BCUT2D eigenvalue weighted by Gasteiger charge is -2.47. The number of halogens is 3. The fourth-order valence-corrected chi connectivity index (χ4v) is 6.86. The summed E-state index contributed by atoms with van der Waals surface area (Å²) in [6.45, 7) is 8.04. The number of nitrogens with one attached hydrogen (secondary N) is 3. The fraction of sp³-hybridized carbons (Fsp3) is 0.852. The molecule has 2 saturated carbocycles. The maximum Gasteiger partial charge on any atom is 0.401 e. The Morgan fingerprint density at radius 3 is 2.37 bits per heavy atom. The van der Waals surface area contributed by atoms with Crippen LogP contribution >= 0.6 is 0 Å². The van der Waals surface area contributed by atoms with Crippen LogP contribution in [0.25, 0.3) is 0 Å². The maximum atomic E-state index is 13.6. The van der Waals surface area contributed by atoms with Crippen molar-refractivity contribution >= 4 is 17.7 Å². The number of fused-ring (bicyclic) bond motifs is 1. The van der Waals surface area contributed by atoms with Gasteiger partial charge < -0.3 is 15.5 Å². The summed E-state index contributed by atoms with van der Waals surface area (Å²) in [6, 6.07) is -0.834. The predicted octanol–water partition coefficient (Wildman–Crippen LogP) is 2.88. The van der Waals surface area contributed by atoms with Gasteiger partial charge in [-0.2, -0.15) is 18.4 Å². The molecule has 1 spiro atoms. The molecule has 2 heterocycles. The van der Waals surface area contributed by atoms with Gasteiger partial charge >= 0.3 is 6.18 Å². The molecule has 0 unspecified atom stereocenters. The highest BCUT2D eigenvalue weighted by Crippen LogP contribution is 2.65. The molecule has 3 amide bonds. The van der Waals surface area contributed by atoms with Gasteiger partial charge in [0.25, 0.3) is 0 Å². The minimum atomic E-state index is -4.49. The van der Waals surface area contributed by atoms with Crippen LogP contribution in [0.4, 0.5) is 13.2 Å². The molecule has 11 heteroatoms. The minimum Gasteiger partial charge on any atom is -0.350 e. The van der Waals surface area contributed by atoms with E-state index in [0.29, 0.717) is 6.42 Å². The van der Waals surface area contributed by atoms with Crippen molar-refractivity contribution in [1.29, 1.82) is 5.26 Å². The summed E-state index contributed by atoms with van der Waals surface area (Å²) in [7, 11) is 0. The lowest BCUT2D eigenvalue weighted by atomic mass is 9.69. The van der Waals surface area contributed by atoms with Crippen molar-refractivity contribution < 1.29 is 27.6 Å². The van der Waals surface area contributed by atoms with Crippen LogP contribution in [-0.2, 0) is 14.4 Å². The Hall–Kier alpha value is -2.35. The normalized spacial score (nSPS) is 30.9. The molecule has 2 aliphatic carbocycles. The van der Waals surface area contributed by atoms with Crippen molar-refractivity contribution in [3.63, 3.8) is 0 Å². The molecular weight excluding hydrogens is 499 g/mol. The quantitative estimate of drug-likeness (QED) is 0.460. The molecule has 38 heavy (non-hydrogen) atoms. The third kappa shape index (κ3) is 5.51. The first-order valence-corrected chi connectivity index (χ1v) is 13.6. The van der Waals surface area contributed by atoms with E-state index in [1.165, 1.54) is 4.90 Å². The number of nitriles is 1. The number of carbonyl (C=O) groups excluding carboxylic acids is 3. The molecule has 6 atom stereocenters. The van der Waals surface area contributed by atoms with E-state index < -0.39 is 48.1 Å². The zero-order chi connectivity index (χ0) is 28.3. The first-order chi connectivity index (χ1) is 17.5. The third-order valence-electron chi connectivity index (χ3n) is 9.41. The van der Waals surface area contributed by atoms with E-state index in [2.05, 4.69) is 22.0 Å². The number of piperidine rings is 2. The molecule has 2 aliphatic heterocycles. The lowest BCUT2D eigenvalue weighted by molar-refractivity contribution is -0.147.